The van der Waals surface area contributed by atoms with Crippen LogP contribution in [-0.4, -0.2) is 49.5 Å². The number of methoxy groups -OCH3 is 1. The molecule has 4 rings (SSSR count). The SMILES string of the molecule is COc1ccc(CCCC(C)(C)C)c(N2CCC(COc3cc([C@@H](CP(C)(=O)O)C4CC4)ccn3)CC2)c1. The fourth-order valence-corrected chi connectivity index (χ4v) is 6.89. The lowest BCUT2D eigenvalue weighted by molar-refractivity contribution is 0.216. The van der Waals surface area contributed by atoms with Gasteiger partial charge in [-0.15, -0.1) is 0 Å². The number of hydrogen-bond donors (Lipinski definition) is 1. The Kier molecular flexibility index (Phi) is 9.47. The maximum atomic E-state index is 12.1. The lowest BCUT2D eigenvalue weighted by atomic mass is 9.88. The lowest BCUT2D eigenvalue weighted by Crippen LogP contribution is -2.36. The van der Waals surface area contributed by atoms with E-state index in [9.17, 15) is 9.46 Å². The molecule has 0 spiro atoms. The molecule has 210 valence electrons. The van der Waals surface area contributed by atoms with Crippen molar-refractivity contribution in [2.75, 3.05) is 44.5 Å². The summed E-state index contributed by atoms with van der Waals surface area (Å²) in [5, 5.41) is 0. The molecular formula is C31H47N2O4P. The van der Waals surface area contributed by atoms with Gasteiger partial charge in [0.1, 0.15) is 5.75 Å². The van der Waals surface area contributed by atoms with E-state index in [1.54, 1.807) is 13.3 Å². The third kappa shape index (κ3) is 8.74. The van der Waals surface area contributed by atoms with Crippen molar-refractivity contribution in [3.05, 3.63) is 47.7 Å². The molecule has 6 nitrogen and oxygen atoms in total. The number of aryl methyl sites for hydroxylation is 1. The van der Waals surface area contributed by atoms with Crippen molar-refractivity contribution in [3.8, 4) is 11.6 Å². The highest BCUT2D eigenvalue weighted by Gasteiger charge is 2.35. The monoisotopic (exact) mass is 542 g/mol. The Morgan fingerprint density at radius 3 is 2.50 bits per heavy atom. The van der Waals surface area contributed by atoms with Gasteiger partial charge in [0.25, 0.3) is 0 Å². The first kappa shape index (κ1) is 29.0. The molecule has 7 heteroatoms. The molecule has 1 aliphatic heterocycles. The van der Waals surface area contributed by atoms with Crippen molar-refractivity contribution in [1.29, 1.82) is 0 Å². The summed E-state index contributed by atoms with van der Waals surface area (Å²) in [7, 11) is -1.34. The van der Waals surface area contributed by atoms with Gasteiger partial charge in [0.05, 0.1) is 13.7 Å². The summed E-state index contributed by atoms with van der Waals surface area (Å²) in [6, 6.07) is 10.5. The summed E-state index contributed by atoms with van der Waals surface area (Å²) < 4.78 is 23.9. The number of ether oxygens (including phenoxy) is 2. The van der Waals surface area contributed by atoms with E-state index in [-0.39, 0.29) is 5.92 Å². The molecule has 2 atom stereocenters. The summed E-state index contributed by atoms with van der Waals surface area (Å²) in [5.41, 5.74) is 4.17. The van der Waals surface area contributed by atoms with Crippen LogP contribution in [0.5, 0.6) is 11.6 Å². The Hall–Kier alpha value is -2.04. The van der Waals surface area contributed by atoms with Crippen LogP contribution in [0.15, 0.2) is 36.5 Å². The van der Waals surface area contributed by atoms with Crippen LogP contribution in [0.2, 0.25) is 0 Å². The van der Waals surface area contributed by atoms with Gasteiger partial charge in [-0.3, -0.25) is 4.57 Å². The van der Waals surface area contributed by atoms with E-state index in [1.807, 2.05) is 12.1 Å². The predicted octanol–water partition coefficient (Wildman–Crippen LogP) is 7.15. The quantitative estimate of drug-likeness (QED) is 0.287. The van der Waals surface area contributed by atoms with E-state index in [2.05, 4.69) is 48.9 Å². The van der Waals surface area contributed by atoms with Crippen LogP contribution in [-0.2, 0) is 11.0 Å². The molecule has 1 unspecified atom stereocenters. The van der Waals surface area contributed by atoms with Crippen LogP contribution in [0.1, 0.15) is 76.3 Å². The number of nitrogens with zero attached hydrogens (tertiary/aromatic N) is 2. The minimum atomic E-state index is -3.08. The van der Waals surface area contributed by atoms with E-state index in [0.29, 0.717) is 35.9 Å². The van der Waals surface area contributed by atoms with Crippen molar-refractivity contribution in [3.63, 3.8) is 0 Å². The molecule has 2 aliphatic rings. The van der Waals surface area contributed by atoms with Crippen LogP contribution in [0, 0.1) is 17.3 Å². The fourth-order valence-electron chi connectivity index (χ4n) is 5.65. The van der Waals surface area contributed by atoms with Crippen molar-refractivity contribution < 1.29 is 18.9 Å². The third-order valence-electron chi connectivity index (χ3n) is 8.00. The Morgan fingerprint density at radius 1 is 1.13 bits per heavy atom. The number of anilines is 1. The highest BCUT2D eigenvalue weighted by atomic mass is 31.2. The Bertz CT molecular complexity index is 1100. The van der Waals surface area contributed by atoms with E-state index in [0.717, 1.165) is 56.5 Å². The predicted molar refractivity (Wildman–Crippen MR) is 156 cm³/mol. The molecule has 1 aromatic carbocycles. The third-order valence-corrected chi connectivity index (χ3v) is 9.07. The van der Waals surface area contributed by atoms with E-state index in [1.165, 1.54) is 30.8 Å². The smallest absolute Gasteiger partial charge is 0.213 e. The number of benzene rings is 1. The number of pyridine rings is 1. The van der Waals surface area contributed by atoms with Crippen molar-refractivity contribution in [2.45, 2.75) is 71.6 Å². The average molecular weight is 543 g/mol. The summed E-state index contributed by atoms with van der Waals surface area (Å²) in [5.74, 6) is 2.66. The molecule has 1 saturated heterocycles. The van der Waals surface area contributed by atoms with Crippen LogP contribution < -0.4 is 14.4 Å². The zero-order chi connectivity index (χ0) is 27.3. The first-order valence-corrected chi connectivity index (χ1v) is 16.6. The first-order valence-electron chi connectivity index (χ1n) is 14.3. The largest absolute Gasteiger partial charge is 0.497 e. The van der Waals surface area contributed by atoms with Crippen molar-refractivity contribution >= 4 is 13.1 Å². The number of aromatic nitrogens is 1. The van der Waals surface area contributed by atoms with Crippen molar-refractivity contribution in [1.82, 2.24) is 4.98 Å². The minimum absolute atomic E-state index is 0.116. The molecule has 0 bridgehead atoms. The maximum absolute atomic E-state index is 12.1. The second-order valence-electron chi connectivity index (χ2n) is 12.8. The zero-order valence-electron chi connectivity index (χ0n) is 24.0. The number of rotatable bonds is 12. The van der Waals surface area contributed by atoms with Gasteiger partial charge >= 0.3 is 0 Å². The summed E-state index contributed by atoms with van der Waals surface area (Å²) >= 11 is 0. The number of piperidine rings is 1. The molecule has 2 fully saturated rings. The van der Waals surface area contributed by atoms with Gasteiger partial charge < -0.3 is 19.3 Å². The molecule has 0 radical (unpaired) electrons. The van der Waals surface area contributed by atoms with Crippen LogP contribution in [0.3, 0.4) is 0 Å². The van der Waals surface area contributed by atoms with Gasteiger partial charge in [-0.1, -0.05) is 26.8 Å². The maximum Gasteiger partial charge on any atom is 0.213 e. The van der Waals surface area contributed by atoms with E-state index >= 15 is 0 Å². The normalized spacial score (nSPS) is 19.2. The summed E-state index contributed by atoms with van der Waals surface area (Å²) in [4.78, 5) is 17.0. The molecule has 38 heavy (non-hydrogen) atoms. The minimum Gasteiger partial charge on any atom is -0.497 e. The zero-order valence-corrected chi connectivity index (χ0v) is 24.9. The fraction of sp³-hybridized carbons (Fsp3) is 0.645. The Labute approximate surface area is 229 Å². The van der Waals surface area contributed by atoms with Gasteiger partial charge in [0, 0.05) is 49.9 Å². The van der Waals surface area contributed by atoms with Crippen LogP contribution >= 0.6 is 7.37 Å². The molecule has 1 aromatic heterocycles. The van der Waals surface area contributed by atoms with Gasteiger partial charge in [-0.2, -0.15) is 0 Å². The Balaban J connectivity index is 1.33. The molecule has 2 aromatic rings. The molecule has 0 amide bonds. The lowest BCUT2D eigenvalue weighted by Gasteiger charge is -2.35. The van der Waals surface area contributed by atoms with E-state index in [4.69, 9.17) is 9.47 Å². The van der Waals surface area contributed by atoms with Gasteiger partial charge in [-0.05, 0) is 91.4 Å². The number of hydrogen-bond acceptors (Lipinski definition) is 5. The molecule has 1 aliphatic carbocycles. The summed E-state index contributed by atoms with van der Waals surface area (Å²) in [6.07, 6.45) is 10.0. The van der Waals surface area contributed by atoms with Crippen LogP contribution in [0.4, 0.5) is 5.69 Å². The standard InChI is InChI=1S/C31H47N2O4P/c1-31(2,3)15-6-7-25-10-11-27(36-4)20-29(25)33-17-13-23(14-18-33)21-37-30-19-26(12-16-32-30)28(24-8-9-24)22-38(5,34)35/h10-12,16,19-20,23-24,28H,6-9,13-15,17-18,21-22H2,1-5H3,(H,34,35)/t28-/m0/s1. The van der Waals surface area contributed by atoms with Crippen molar-refractivity contribution in [2.24, 2.45) is 17.3 Å². The second-order valence-corrected chi connectivity index (χ2v) is 15.2. The molecular weight excluding hydrogens is 495 g/mol. The molecule has 2 heterocycles. The second kappa shape index (κ2) is 12.4. The summed E-state index contributed by atoms with van der Waals surface area (Å²) in [6.45, 7) is 11.1. The van der Waals surface area contributed by atoms with Gasteiger partial charge in [0.15, 0.2) is 7.37 Å². The molecule has 1 saturated carbocycles. The van der Waals surface area contributed by atoms with Gasteiger partial charge in [0.2, 0.25) is 5.88 Å². The molecule has 1 N–H and O–H groups in total. The highest BCUT2D eigenvalue weighted by molar-refractivity contribution is 7.57. The first-order chi connectivity index (χ1) is 18.0. The van der Waals surface area contributed by atoms with E-state index < -0.39 is 7.37 Å². The Morgan fingerprint density at radius 2 is 1.87 bits per heavy atom. The van der Waals surface area contributed by atoms with Crippen LogP contribution in [0.25, 0.3) is 0 Å². The topological polar surface area (TPSA) is 71.9 Å². The van der Waals surface area contributed by atoms with Gasteiger partial charge in [-0.25, -0.2) is 4.98 Å². The average Bonchev–Trinajstić information content (AvgIpc) is 3.71. The highest BCUT2D eigenvalue weighted by Crippen LogP contribution is 2.50.